The number of hydrogen-bond donors (Lipinski definition) is 2. The van der Waals surface area contributed by atoms with E-state index in [0.717, 1.165) is 6.07 Å². The minimum Gasteiger partial charge on any atom is -0.377 e. The van der Waals surface area contributed by atoms with Gasteiger partial charge in [-0.1, -0.05) is 0 Å². The Bertz CT molecular complexity index is 1300. The summed E-state index contributed by atoms with van der Waals surface area (Å²) in [6.07, 6.45) is 1.50. The smallest absolute Gasteiger partial charge is 0.272 e. The Morgan fingerprint density at radius 2 is 2.03 bits per heavy atom. The summed E-state index contributed by atoms with van der Waals surface area (Å²) in [5.74, 6) is -0.968. The Morgan fingerprint density at radius 3 is 2.69 bits per heavy atom. The molecule has 10 nitrogen and oxygen atoms in total. The van der Waals surface area contributed by atoms with Crippen LogP contribution in [0.3, 0.4) is 0 Å². The van der Waals surface area contributed by atoms with Crippen molar-refractivity contribution in [1.82, 2.24) is 24.6 Å². The largest absolute Gasteiger partial charge is 0.377 e. The highest BCUT2D eigenvalue weighted by atomic mass is 32.2. The fourth-order valence-corrected chi connectivity index (χ4v) is 4.09. The van der Waals surface area contributed by atoms with Crippen LogP contribution < -0.4 is 10.0 Å². The van der Waals surface area contributed by atoms with Gasteiger partial charge in [0.2, 0.25) is 16.0 Å². The van der Waals surface area contributed by atoms with Gasteiger partial charge in [-0.15, -0.1) is 0 Å². The molecule has 2 atom stereocenters. The maximum absolute atomic E-state index is 14.4. The van der Waals surface area contributed by atoms with Gasteiger partial charge in [0.1, 0.15) is 11.5 Å². The normalized spacial score (nSPS) is 18.4. The van der Waals surface area contributed by atoms with Gasteiger partial charge in [0.15, 0.2) is 5.65 Å². The number of halogens is 1. The zero-order valence-electron chi connectivity index (χ0n) is 17.5. The second-order valence-corrected chi connectivity index (χ2v) is 9.14. The van der Waals surface area contributed by atoms with Crippen LogP contribution in [0.15, 0.2) is 41.4 Å². The lowest BCUT2D eigenvalue weighted by Gasteiger charge is -2.45. The first-order valence-corrected chi connectivity index (χ1v) is 11.2. The van der Waals surface area contributed by atoms with Crippen molar-refractivity contribution in [3.8, 4) is 0 Å². The molecule has 1 aliphatic heterocycles. The van der Waals surface area contributed by atoms with Crippen LogP contribution in [0, 0.1) is 5.82 Å². The quantitative estimate of drug-likeness (QED) is 0.569. The topological polar surface area (TPSA) is 126 Å². The summed E-state index contributed by atoms with van der Waals surface area (Å²) in [6.45, 7) is 2.40. The predicted molar refractivity (Wildman–Crippen MR) is 115 cm³/mol. The number of ether oxygens (including phenoxy) is 1. The van der Waals surface area contributed by atoms with E-state index in [1.54, 1.807) is 24.1 Å². The summed E-state index contributed by atoms with van der Waals surface area (Å²) in [4.78, 5) is 26.9. The molecule has 1 aliphatic rings. The lowest BCUT2D eigenvalue weighted by molar-refractivity contribution is -0.0594. The maximum atomic E-state index is 14.4. The van der Waals surface area contributed by atoms with Crippen molar-refractivity contribution in [3.05, 3.63) is 48.0 Å². The van der Waals surface area contributed by atoms with Crippen LogP contribution in [0.25, 0.3) is 11.0 Å². The molecule has 168 valence electrons. The summed E-state index contributed by atoms with van der Waals surface area (Å²) in [5, 5.41) is 3.32. The van der Waals surface area contributed by atoms with Gasteiger partial charge in [0.05, 0.1) is 22.7 Å². The number of benzene rings is 1. The third kappa shape index (κ3) is 3.99. The molecule has 3 heterocycles. The van der Waals surface area contributed by atoms with E-state index in [0.29, 0.717) is 11.9 Å². The van der Waals surface area contributed by atoms with Gasteiger partial charge in [0, 0.05) is 25.2 Å². The lowest BCUT2D eigenvalue weighted by atomic mass is 10.0. The number of carbonyl (C=O) groups is 1. The minimum atomic E-state index is -3.77. The van der Waals surface area contributed by atoms with E-state index < -0.39 is 15.8 Å². The number of amides is 1. The Kier molecular flexibility index (Phi) is 5.75. The molecule has 2 N–H and O–H groups in total. The van der Waals surface area contributed by atoms with Crippen molar-refractivity contribution in [2.24, 2.45) is 0 Å². The van der Waals surface area contributed by atoms with E-state index in [2.05, 4.69) is 25.0 Å². The number of nitrogens with one attached hydrogen (secondary N) is 2. The molecule has 0 saturated carbocycles. The number of carbonyl (C=O) groups excluding carboxylic acids is 1. The van der Waals surface area contributed by atoms with Crippen molar-refractivity contribution in [2.75, 3.05) is 26.0 Å². The molecule has 4 rings (SSSR count). The summed E-state index contributed by atoms with van der Waals surface area (Å²) >= 11 is 0. The van der Waals surface area contributed by atoms with Crippen LogP contribution in [0.4, 0.5) is 16.0 Å². The standard InChI is InChI=1S/C20H21FN6O4S/c1-11-17(31-3)10-27(11)19(28)16-6-4-12-9-23-20(26-18(12)24-16)25-15-7-5-13(8-14(15)21)32(29,30)22-2/h4-9,11,17,22H,10H2,1-3H3,(H,23,24,25,26)/t11-,17+/m0/s1. The first-order chi connectivity index (χ1) is 15.2. The maximum Gasteiger partial charge on any atom is 0.272 e. The van der Waals surface area contributed by atoms with Gasteiger partial charge >= 0.3 is 0 Å². The van der Waals surface area contributed by atoms with Gasteiger partial charge in [-0.25, -0.2) is 27.5 Å². The van der Waals surface area contributed by atoms with Gasteiger partial charge in [-0.2, -0.15) is 4.98 Å². The van der Waals surface area contributed by atoms with E-state index >= 15 is 0 Å². The number of pyridine rings is 1. The number of rotatable bonds is 6. The average Bonchev–Trinajstić information content (AvgIpc) is 2.79. The Hall–Kier alpha value is -3.22. The highest BCUT2D eigenvalue weighted by molar-refractivity contribution is 7.89. The number of nitrogens with zero attached hydrogens (tertiary/aromatic N) is 4. The SMILES string of the molecule is CNS(=O)(=O)c1ccc(Nc2ncc3ccc(C(=O)N4C[C@@H](OC)[C@@H]4C)nc3n2)c(F)c1. The minimum absolute atomic E-state index is 0.00177. The number of methoxy groups -OCH3 is 1. The van der Waals surface area contributed by atoms with E-state index in [1.165, 1.54) is 25.4 Å². The number of fused-ring (bicyclic) bond motifs is 1. The second kappa shape index (κ2) is 8.37. The fraction of sp³-hybridized carbons (Fsp3) is 0.300. The highest BCUT2D eigenvalue weighted by Gasteiger charge is 2.39. The molecule has 1 amide bonds. The molecule has 12 heteroatoms. The van der Waals surface area contributed by atoms with Gasteiger partial charge in [-0.05, 0) is 44.3 Å². The summed E-state index contributed by atoms with van der Waals surface area (Å²) in [6, 6.07) is 6.67. The van der Waals surface area contributed by atoms with Gasteiger partial charge in [0.25, 0.3) is 5.91 Å². The second-order valence-electron chi connectivity index (χ2n) is 7.25. The third-order valence-corrected chi connectivity index (χ3v) is 6.81. The van der Waals surface area contributed by atoms with Crippen LogP contribution in [0.5, 0.6) is 0 Å². The predicted octanol–water partition coefficient (Wildman–Crippen LogP) is 1.67. The van der Waals surface area contributed by atoms with Crippen LogP contribution >= 0.6 is 0 Å². The zero-order chi connectivity index (χ0) is 23.0. The molecule has 0 bridgehead atoms. The highest BCUT2D eigenvalue weighted by Crippen LogP contribution is 2.24. The molecule has 0 aliphatic carbocycles. The summed E-state index contributed by atoms with van der Waals surface area (Å²) < 4.78 is 45.5. The lowest BCUT2D eigenvalue weighted by Crippen LogP contribution is -2.61. The molecule has 1 fully saturated rings. The van der Waals surface area contributed by atoms with Gasteiger partial charge in [-0.3, -0.25) is 4.79 Å². The van der Waals surface area contributed by atoms with E-state index in [4.69, 9.17) is 4.74 Å². The van der Waals surface area contributed by atoms with Crippen LogP contribution in [0.2, 0.25) is 0 Å². The van der Waals surface area contributed by atoms with Crippen molar-refractivity contribution in [3.63, 3.8) is 0 Å². The van der Waals surface area contributed by atoms with Crippen molar-refractivity contribution in [2.45, 2.75) is 24.0 Å². The molecular weight excluding hydrogens is 439 g/mol. The van der Waals surface area contributed by atoms with Crippen molar-refractivity contribution in [1.29, 1.82) is 0 Å². The monoisotopic (exact) mass is 460 g/mol. The first-order valence-electron chi connectivity index (χ1n) is 9.71. The van der Waals surface area contributed by atoms with Crippen LogP contribution in [-0.4, -0.2) is 67.0 Å². The van der Waals surface area contributed by atoms with E-state index in [-0.39, 0.29) is 45.9 Å². The first kappa shape index (κ1) is 22.0. The number of sulfonamides is 1. The molecule has 0 radical (unpaired) electrons. The van der Waals surface area contributed by atoms with Gasteiger partial charge < -0.3 is 15.0 Å². The van der Waals surface area contributed by atoms with E-state index in [9.17, 15) is 17.6 Å². The Balaban J connectivity index is 1.58. The van der Waals surface area contributed by atoms with Crippen molar-refractivity contribution < 1.29 is 22.3 Å². The molecule has 32 heavy (non-hydrogen) atoms. The Labute approximate surface area is 183 Å². The summed E-state index contributed by atoms with van der Waals surface area (Å²) in [5.41, 5.74) is 0.489. The van der Waals surface area contributed by atoms with Crippen LogP contribution in [-0.2, 0) is 14.8 Å². The molecule has 1 aromatic carbocycles. The third-order valence-electron chi connectivity index (χ3n) is 5.40. The Morgan fingerprint density at radius 1 is 1.25 bits per heavy atom. The molecule has 3 aromatic rings. The molecule has 0 spiro atoms. The molecule has 1 saturated heterocycles. The van der Waals surface area contributed by atoms with Crippen LogP contribution in [0.1, 0.15) is 17.4 Å². The number of likely N-dealkylation sites (tertiary alicyclic amines) is 1. The molecular formula is C20H21FN6O4S. The van der Waals surface area contributed by atoms with E-state index in [1.807, 2.05) is 6.92 Å². The summed E-state index contributed by atoms with van der Waals surface area (Å²) in [7, 11) is -0.916. The number of aromatic nitrogens is 3. The van der Waals surface area contributed by atoms with Crippen molar-refractivity contribution >= 4 is 38.6 Å². The number of hydrogen-bond acceptors (Lipinski definition) is 8. The molecule has 2 aromatic heterocycles. The average molecular weight is 460 g/mol. The fourth-order valence-electron chi connectivity index (χ4n) is 3.35. The molecule has 0 unspecified atom stereocenters. The number of anilines is 2. The zero-order valence-corrected chi connectivity index (χ0v) is 18.4.